The lowest BCUT2D eigenvalue weighted by atomic mass is 9.92. The van der Waals surface area contributed by atoms with Crippen LogP contribution in [0.2, 0.25) is 0 Å². The standard InChI is InChI=1S/C15H23NO/c1-5-15(12(2)10-16(3)4)14-8-6-7-13(9-14)11-17/h5-9,12,17H,10-11H2,1-4H3/b15-5+/t12-/m0/s1. The minimum Gasteiger partial charge on any atom is -0.392 e. The van der Waals surface area contributed by atoms with E-state index in [9.17, 15) is 5.11 Å². The van der Waals surface area contributed by atoms with E-state index < -0.39 is 0 Å². The zero-order chi connectivity index (χ0) is 12.8. The maximum absolute atomic E-state index is 9.17. The Morgan fingerprint density at radius 3 is 2.65 bits per heavy atom. The molecule has 0 spiro atoms. The minimum absolute atomic E-state index is 0.104. The van der Waals surface area contributed by atoms with Crippen molar-refractivity contribution in [2.45, 2.75) is 20.5 Å². The molecule has 1 atom stereocenters. The molecule has 1 rings (SSSR count). The van der Waals surface area contributed by atoms with Gasteiger partial charge in [0.2, 0.25) is 0 Å². The highest BCUT2D eigenvalue weighted by Crippen LogP contribution is 2.24. The Morgan fingerprint density at radius 2 is 2.12 bits per heavy atom. The summed E-state index contributed by atoms with van der Waals surface area (Å²) in [5.74, 6) is 0.490. The van der Waals surface area contributed by atoms with Gasteiger partial charge in [0.15, 0.2) is 0 Å². The third kappa shape index (κ3) is 3.99. The van der Waals surface area contributed by atoms with Gasteiger partial charge in [0.1, 0.15) is 0 Å². The summed E-state index contributed by atoms with van der Waals surface area (Å²) in [4.78, 5) is 2.20. The highest BCUT2D eigenvalue weighted by atomic mass is 16.3. The van der Waals surface area contributed by atoms with Gasteiger partial charge < -0.3 is 10.0 Å². The van der Waals surface area contributed by atoms with E-state index in [1.165, 1.54) is 11.1 Å². The van der Waals surface area contributed by atoms with Crippen LogP contribution in [0.15, 0.2) is 30.3 Å². The second-order valence-electron chi connectivity index (χ2n) is 4.77. The van der Waals surface area contributed by atoms with E-state index in [0.29, 0.717) is 5.92 Å². The normalized spacial score (nSPS) is 14.1. The summed E-state index contributed by atoms with van der Waals surface area (Å²) in [5, 5.41) is 9.17. The lowest BCUT2D eigenvalue weighted by molar-refractivity contribution is 0.282. The van der Waals surface area contributed by atoms with Gasteiger partial charge in [-0.1, -0.05) is 31.2 Å². The molecule has 0 fully saturated rings. The Balaban J connectivity index is 2.93. The van der Waals surface area contributed by atoms with E-state index in [1.807, 2.05) is 12.1 Å². The molecule has 0 saturated heterocycles. The second kappa shape index (κ2) is 6.58. The molecule has 94 valence electrons. The fourth-order valence-electron chi connectivity index (χ4n) is 2.23. The van der Waals surface area contributed by atoms with Crippen molar-refractivity contribution in [1.29, 1.82) is 0 Å². The molecule has 0 bridgehead atoms. The van der Waals surface area contributed by atoms with Gasteiger partial charge in [-0.2, -0.15) is 0 Å². The molecule has 0 heterocycles. The predicted octanol–water partition coefficient (Wildman–Crippen LogP) is 2.78. The van der Waals surface area contributed by atoms with Crippen molar-refractivity contribution >= 4 is 5.57 Å². The summed E-state index contributed by atoms with van der Waals surface area (Å²) >= 11 is 0. The first kappa shape index (κ1) is 13.9. The summed E-state index contributed by atoms with van der Waals surface area (Å²) in [6, 6.07) is 8.14. The average molecular weight is 233 g/mol. The molecule has 0 unspecified atom stereocenters. The monoisotopic (exact) mass is 233 g/mol. The minimum atomic E-state index is 0.104. The largest absolute Gasteiger partial charge is 0.392 e. The molecule has 0 amide bonds. The molecule has 0 aliphatic rings. The Morgan fingerprint density at radius 1 is 1.41 bits per heavy atom. The average Bonchev–Trinajstić information content (AvgIpc) is 2.29. The molecular formula is C15H23NO. The van der Waals surface area contributed by atoms with Crippen LogP contribution < -0.4 is 0 Å². The SMILES string of the molecule is C/C=C(/c1cccc(CO)c1)[C@@H](C)CN(C)C. The van der Waals surface area contributed by atoms with Crippen molar-refractivity contribution in [3.8, 4) is 0 Å². The van der Waals surface area contributed by atoms with Crippen molar-refractivity contribution < 1.29 is 5.11 Å². The Labute approximate surface area is 105 Å². The number of aliphatic hydroxyl groups excluding tert-OH is 1. The fraction of sp³-hybridized carbons (Fsp3) is 0.467. The van der Waals surface area contributed by atoms with Crippen LogP contribution in [0, 0.1) is 5.92 Å². The van der Waals surface area contributed by atoms with Crippen LogP contribution in [-0.4, -0.2) is 30.6 Å². The maximum Gasteiger partial charge on any atom is 0.0682 e. The number of hydrogen-bond acceptors (Lipinski definition) is 2. The van der Waals surface area contributed by atoms with Crippen molar-refractivity contribution in [2.24, 2.45) is 5.92 Å². The first-order valence-electron chi connectivity index (χ1n) is 6.09. The van der Waals surface area contributed by atoms with Crippen LogP contribution in [0.5, 0.6) is 0 Å². The molecule has 0 saturated carbocycles. The van der Waals surface area contributed by atoms with Gasteiger partial charge >= 0.3 is 0 Å². The highest BCUT2D eigenvalue weighted by Gasteiger charge is 2.11. The molecule has 0 aliphatic carbocycles. The molecule has 1 aromatic rings. The fourth-order valence-corrected chi connectivity index (χ4v) is 2.23. The molecule has 0 aromatic heterocycles. The first-order valence-corrected chi connectivity index (χ1v) is 6.09. The number of aliphatic hydroxyl groups is 1. The third-order valence-corrected chi connectivity index (χ3v) is 2.92. The quantitative estimate of drug-likeness (QED) is 0.845. The molecular weight excluding hydrogens is 210 g/mol. The highest BCUT2D eigenvalue weighted by molar-refractivity contribution is 5.67. The van der Waals surface area contributed by atoms with Gasteiger partial charge in [-0.15, -0.1) is 0 Å². The second-order valence-corrected chi connectivity index (χ2v) is 4.77. The van der Waals surface area contributed by atoms with Crippen LogP contribution in [-0.2, 0) is 6.61 Å². The summed E-state index contributed by atoms with van der Waals surface area (Å²) in [6.45, 7) is 5.45. The summed E-state index contributed by atoms with van der Waals surface area (Å²) in [5.41, 5.74) is 3.53. The van der Waals surface area contributed by atoms with Gasteiger partial charge in [-0.3, -0.25) is 0 Å². The van der Waals surface area contributed by atoms with Gasteiger partial charge in [-0.05, 0) is 49.7 Å². The molecule has 1 aromatic carbocycles. The lowest BCUT2D eigenvalue weighted by Crippen LogP contribution is -2.20. The Bertz CT molecular complexity index is 382. The van der Waals surface area contributed by atoms with Gasteiger partial charge in [0, 0.05) is 6.54 Å². The van der Waals surface area contributed by atoms with Crippen LogP contribution in [0.1, 0.15) is 25.0 Å². The molecule has 2 nitrogen and oxygen atoms in total. The number of benzene rings is 1. The molecule has 2 heteroatoms. The van der Waals surface area contributed by atoms with Crippen molar-refractivity contribution in [1.82, 2.24) is 4.90 Å². The molecule has 0 radical (unpaired) electrons. The molecule has 1 N–H and O–H groups in total. The Kier molecular flexibility index (Phi) is 5.39. The van der Waals surface area contributed by atoms with E-state index in [4.69, 9.17) is 0 Å². The summed E-state index contributed by atoms with van der Waals surface area (Å²) in [7, 11) is 4.18. The van der Waals surface area contributed by atoms with Gasteiger partial charge in [-0.25, -0.2) is 0 Å². The molecule has 0 aliphatic heterocycles. The van der Waals surface area contributed by atoms with Crippen LogP contribution in [0.25, 0.3) is 5.57 Å². The van der Waals surface area contributed by atoms with E-state index in [0.717, 1.165) is 12.1 Å². The molecule has 17 heavy (non-hydrogen) atoms. The number of nitrogens with zero attached hydrogens (tertiary/aromatic N) is 1. The van der Waals surface area contributed by atoms with Crippen molar-refractivity contribution in [2.75, 3.05) is 20.6 Å². The van der Waals surface area contributed by atoms with E-state index >= 15 is 0 Å². The number of hydrogen-bond donors (Lipinski definition) is 1. The van der Waals surface area contributed by atoms with Crippen molar-refractivity contribution in [3.63, 3.8) is 0 Å². The number of allylic oxidation sites excluding steroid dienone is 1. The van der Waals surface area contributed by atoms with E-state index in [2.05, 4.69) is 51.1 Å². The maximum atomic E-state index is 9.17. The smallest absolute Gasteiger partial charge is 0.0682 e. The van der Waals surface area contributed by atoms with Gasteiger partial charge in [0.05, 0.1) is 6.61 Å². The van der Waals surface area contributed by atoms with Gasteiger partial charge in [0.25, 0.3) is 0 Å². The zero-order valence-corrected chi connectivity index (χ0v) is 11.3. The summed E-state index contributed by atoms with van der Waals surface area (Å²) in [6.07, 6.45) is 2.17. The topological polar surface area (TPSA) is 23.5 Å². The third-order valence-electron chi connectivity index (χ3n) is 2.92. The first-order chi connectivity index (χ1) is 8.08. The van der Waals surface area contributed by atoms with Crippen LogP contribution in [0.3, 0.4) is 0 Å². The van der Waals surface area contributed by atoms with E-state index in [1.54, 1.807) is 0 Å². The predicted molar refractivity (Wildman–Crippen MR) is 73.7 cm³/mol. The zero-order valence-electron chi connectivity index (χ0n) is 11.3. The van der Waals surface area contributed by atoms with Crippen LogP contribution >= 0.6 is 0 Å². The number of rotatable bonds is 5. The summed E-state index contributed by atoms with van der Waals surface area (Å²) < 4.78 is 0. The van der Waals surface area contributed by atoms with E-state index in [-0.39, 0.29) is 6.61 Å². The lowest BCUT2D eigenvalue weighted by Gasteiger charge is -2.20. The van der Waals surface area contributed by atoms with Crippen molar-refractivity contribution in [3.05, 3.63) is 41.5 Å². The van der Waals surface area contributed by atoms with Crippen LogP contribution in [0.4, 0.5) is 0 Å². The Hall–Kier alpha value is -1.12.